The zero-order valence-corrected chi connectivity index (χ0v) is 15.6. The minimum atomic E-state index is 0.487. The Hall–Kier alpha value is -3.27. The summed E-state index contributed by atoms with van der Waals surface area (Å²) in [6.07, 6.45) is 1.73. The Morgan fingerprint density at radius 2 is 1.59 bits per heavy atom. The van der Waals surface area contributed by atoms with Crippen LogP contribution in [0.5, 0.6) is 0 Å². The summed E-state index contributed by atoms with van der Waals surface area (Å²) >= 11 is 3.09. The van der Waals surface area contributed by atoms with Gasteiger partial charge >= 0.3 is 0 Å². The molecule has 0 spiro atoms. The Bertz CT molecular complexity index is 1280. The lowest BCUT2D eigenvalue weighted by Gasteiger charge is -1.92. The van der Waals surface area contributed by atoms with E-state index in [1.807, 2.05) is 60.7 Å². The molecule has 5 aromatic rings. The van der Waals surface area contributed by atoms with E-state index in [2.05, 4.69) is 16.0 Å². The van der Waals surface area contributed by atoms with Gasteiger partial charge in [0.1, 0.15) is 16.8 Å². The zero-order chi connectivity index (χ0) is 18.2. The Morgan fingerprint density at radius 1 is 0.889 bits per heavy atom. The summed E-state index contributed by atoms with van der Waals surface area (Å²) in [4.78, 5) is 9.16. The standard InChI is InChI=1S/C21H11N3OS2/c22-12-13(20-23-15-5-1-3-7-18(15)26-20)11-14-9-10-17(25-14)21-24-16-6-2-4-8-19(16)27-21/h1-11H. The molecule has 0 amide bonds. The van der Waals surface area contributed by atoms with Crippen LogP contribution in [0.1, 0.15) is 10.8 Å². The van der Waals surface area contributed by atoms with Crippen LogP contribution in [-0.2, 0) is 0 Å². The predicted octanol–water partition coefficient (Wildman–Crippen LogP) is 6.23. The van der Waals surface area contributed by atoms with Gasteiger partial charge in [0.2, 0.25) is 0 Å². The van der Waals surface area contributed by atoms with Crippen molar-refractivity contribution in [3.8, 4) is 16.8 Å². The number of thiazole rings is 2. The van der Waals surface area contributed by atoms with Crippen LogP contribution in [0, 0.1) is 11.3 Å². The van der Waals surface area contributed by atoms with Crippen LogP contribution in [0.3, 0.4) is 0 Å². The van der Waals surface area contributed by atoms with Gasteiger partial charge in [-0.2, -0.15) is 5.26 Å². The highest BCUT2D eigenvalue weighted by Crippen LogP contribution is 2.33. The van der Waals surface area contributed by atoms with E-state index in [9.17, 15) is 5.26 Å². The fourth-order valence-electron chi connectivity index (χ4n) is 2.79. The first kappa shape index (κ1) is 15.9. The second-order valence-corrected chi connectivity index (χ2v) is 7.91. The van der Waals surface area contributed by atoms with Crippen LogP contribution in [-0.4, -0.2) is 9.97 Å². The molecule has 6 heteroatoms. The summed E-state index contributed by atoms with van der Waals surface area (Å²) in [6, 6.07) is 21.8. The number of aromatic nitrogens is 2. The minimum Gasteiger partial charge on any atom is -0.454 e. The quantitative estimate of drug-likeness (QED) is 0.345. The highest BCUT2D eigenvalue weighted by atomic mass is 32.1. The fourth-order valence-corrected chi connectivity index (χ4v) is 4.65. The number of rotatable bonds is 3. The normalized spacial score (nSPS) is 11.9. The number of hydrogen-bond donors (Lipinski definition) is 0. The van der Waals surface area contributed by atoms with E-state index in [0.717, 1.165) is 25.4 Å². The molecule has 27 heavy (non-hydrogen) atoms. The highest BCUT2D eigenvalue weighted by molar-refractivity contribution is 7.21. The number of nitriles is 1. The van der Waals surface area contributed by atoms with E-state index in [4.69, 9.17) is 4.42 Å². The molecule has 0 aliphatic heterocycles. The van der Waals surface area contributed by atoms with Gasteiger partial charge in [-0.1, -0.05) is 24.3 Å². The third-order valence-electron chi connectivity index (χ3n) is 4.06. The molecular weight excluding hydrogens is 374 g/mol. The second kappa shape index (κ2) is 6.47. The molecular formula is C21H11N3OS2. The van der Waals surface area contributed by atoms with E-state index in [1.165, 1.54) is 11.3 Å². The smallest absolute Gasteiger partial charge is 0.163 e. The zero-order valence-electron chi connectivity index (χ0n) is 13.9. The molecule has 0 saturated carbocycles. The fraction of sp³-hybridized carbons (Fsp3) is 0. The van der Waals surface area contributed by atoms with Gasteiger partial charge in [-0.25, -0.2) is 9.97 Å². The highest BCUT2D eigenvalue weighted by Gasteiger charge is 2.12. The van der Waals surface area contributed by atoms with E-state index in [1.54, 1.807) is 17.4 Å². The maximum Gasteiger partial charge on any atom is 0.163 e. The maximum absolute atomic E-state index is 9.58. The Morgan fingerprint density at radius 3 is 2.30 bits per heavy atom. The van der Waals surface area contributed by atoms with Crippen LogP contribution in [0.2, 0.25) is 0 Å². The van der Waals surface area contributed by atoms with Crippen molar-refractivity contribution in [2.45, 2.75) is 0 Å². The number of nitrogens with zero attached hydrogens (tertiary/aromatic N) is 3. The number of benzene rings is 2. The molecule has 128 valence electrons. The van der Waals surface area contributed by atoms with Crippen LogP contribution >= 0.6 is 22.7 Å². The van der Waals surface area contributed by atoms with Crippen LogP contribution < -0.4 is 0 Å². The van der Waals surface area contributed by atoms with Crippen molar-refractivity contribution >= 4 is 54.8 Å². The summed E-state index contributed by atoms with van der Waals surface area (Å²) in [5, 5.41) is 11.1. The topological polar surface area (TPSA) is 62.7 Å². The van der Waals surface area contributed by atoms with E-state index >= 15 is 0 Å². The van der Waals surface area contributed by atoms with Gasteiger partial charge in [0.25, 0.3) is 0 Å². The van der Waals surface area contributed by atoms with Crippen molar-refractivity contribution < 1.29 is 4.42 Å². The van der Waals surface area contributed by atoms with Crippen molar-refractivity contribution in [1.82, 2.24) is 9.97 Å². The molecule has 0 bridgehead atoms. The predicted molar refractivity (Wildman–Crippen MR) is 110 cm³/mol. The van der Waals surface area contributed by atoms with Crippen LogP contribution in [0.25, 0.3) is 42.9 Å². The third kappa shape index (κ3) is 2.93. The van der Waals surface area contributed by atoms with E-state index in [0.29, 0.717) is 22.1 Å². The second-order valence-electron chi connectivity index (χ2n) is 5.85. The number of fused-ring (bicyclic) bond motifs is 2. The molecule has 0 radical (unpaired) electrons. The molecule has 5 rings (SSSR count). The minimum absolute atomic E-state index is 0.487. The molecule has 0 saturated heterocycles. The first-order chi connectivity index (χ1) is 13.3. The van der Waals surface area contributed by atoms with Gasteiger partial charge in [0, 0.05) is 6.08 Å². The Labute approximate surface area is 162 Å². The molecule has 0 aliphatic carbocycles. The molecule has 0 aliphatic rings. The van der Waals surface area contributed by atoms with Gasteiger partial charge in [0.05, 0.1) is 26.0 Å². The summed E-state index contributed by atoms with van der Waals surface area (Å²) in [5.74, 6) is 1.31. The lowest BCUT2D eigenvalue weighted by atomic mass is 10.2. The van der Waals surface area contributed by atoms with E-state index < -0.39 is 0 Å². The monoisotopic (exact) mass is 385 g/mol. The lowest BCUT2D eigenvalue weighted by molar-refractivity contribution is 0.571. The van der Waals surface area contributed by atoms with Crippen molar-refractivity contribution in [2.75, 3.05) is 0 Å². The molecule has 0 atom stereocenters. The van der Waals surface area contributed by atoms with Crippen molar-refractivity contribution in [1.29, 1.82) is 5.26 Å². The number of para-hydroxylation sites is 2. The van der Waals surface area contributed by atoms with Gasteiger partial charge in [-0.3, -0.25) is 0 Å². The molecule has 0 fully saturated rings. The van der Waals surface area contributed by atoms with Crippen molar-refractivity contribution in [2.24, 2.45) is 0 Å². The van der Waals surface area contributed by atoms with Crippen LogP contribution in [0.4, 0.5) is 0 Å². The largest absolute Gasteiger partial charge is 0.454 e. The van der Waals surface area contributed by atoms with Crippen molar-refractivity contribution in [3.05, 3.63) is 71.4 Å². The van der Waals surface area contributed by atoms with Crippen LogP contribution in [0.15, 0.2) is 65.1 Å². The lowest BCUT2D eigenvalue weighted by Crippen LogP contribution is -1.79. The van der Waals surface area contributed by atoms with Gasteiger partial charge in [-0.15, -0.1) is 22.7 Å². The van der Waals surface area contributed by atoms with E-state index in [-0.39, 0.29) is 0 Å². The third-order valence-corrected chi connectivity index (χ3v) is 6.18. The van der Waals surface area contributed by atoms with Gasteiger partial charge in [0.15, 0.2) is 10.8 Å². The molecule has 2 aromatic carbocycles. The first-order valence-corrected chi connectivity index (χ1v) is 9.87. The molecule has 3 aromatic heterocycles. The number of allylic oxidation sites excluding steroid dienone is 1. The summed E-state index contributed by atoms with van der Waals surface area (Å²) in [7, 11) is 0. The summed E-state index contributed by atoms with van der Waals surface area (Å²) in [6.45, 7) is 0. The average molecular weight is 385 g/mol. The number of furan rings is 1. The Balaban J connectivity index is 1.51. The first-order valence-electron chi connectivity index (χ1n) is 8.24. The van der Waals surface area contributed by atoms with Crippen molar-refractivity contribution in [3.63, 3.8) is 0 Å². The molecule has 0 N–H and O–H groups in total. The SMILES string of the molecule is N#CC(=Cc1ccc(-c2nc3ccccc3s2)o1)c1nc2ccccc2s1. The maximum atomic E-state index is 9.58. The molecule has 0 unspecified atom stereocenters. The van der Waals surface area contributed by atoms with Gasteiger partial charge in [-0.05, 0) is 36.4 Å². The average Bonchev–Trinajstić information content (AvgIpc) is 3.42. The summed E-state index contributed by atoms with van der Waals surface area (Å²) < 4.78 is 8.10. The summed E-state index contributed by atoms with van der Waals surface area (Å²) in [5.41, 5.74) is 2.34. The van der Waals surface area contributed by atoms with Gasteiger partial charge < -0.3 is 4.42 Å². The molecule has 4 nitrogen and oxygen atoms in total. The Kier molecular flexibility index (Phi) is 3.82. The number of hydrogen-bond acceptors (Lipinski definition) is 6. The molecule has 3 heterocycles.